The van der Waals surface area contributed by atoms with Gasteiger partial charge in [0.15, 0.2) is 5.78 Å². The maximum atomic E-state index is 12.7. The Balaban J connectivity index is 2.20. The van der Waals surface area contributed by atoms with Crippen molar-refractivity contribution in [2.75, 3.05) is 0 Å². The molecule has 0 radical (unpaired) electrons. The van der Waals surface area contributed by atoms with E-state index >= 15 is 0 Å². The standard InChI is InChI=1S/C18H13ClO/c1-12-5-4-6-13(11-12)18(20)16-9-10-17(19)15-8-3-2-7-14(15)16/h2-11H,1H3. The summed E-state index contributed by atoms with van der Waals surface area (Å²) in [6, 6.07) is 18.9. The van der Waals surface area contributed by atoms with Gasteiger partial charge in [0.1, 0.15) is 0 Å². The van der Waals surface area contributed by atoms with Crippen LogP contribution in [0, 0.1) is 6.92 Å². The normalized spacial score (nSPS) is 10.7. The van der Waals surface area contributed by atoms with Crippen molar-refractivity contribution in [1.82, 2.24) is 0 Å². The van der Waals surface area contributed by atoms with Crippen molar-refractivity contribution in [2.24, 2.45) is 0 Å². The lowest BCUT2D eigenvalue weighted by molar-refractivity contribution is 0.104. The molecule has 3 aromatic rings. The average Bonchev–Trinajstić information content (AvgIpc) is 2.47. The molecule has 0 saturated carbocycles. The highest BCUT2D eigenvalue weighted by Crippen LogP contribution is 2.28. The van der Waals surface area contributed by atoms with E-state index in [1.54, 1.807) is 12.1 Å². The molecule has 0 spiro atoms. The van der Waals surface area contributed by atoms with E-state index in [4.69, 9.17) is 11.6 Å². The Hall–Kier alpha value is -2.12. The van der Waals surface area contributed by atoms with Crippen LogP contribution < -0.4 is 0 Å². The van der Waals surface area contributed by atoms with E-state index in [1.807, 2.05) is 55.5 Å². The van der Waals surface area contributed by atoms with Gasteiger partial charge in [-0.3, -0.25) is 4.79 Å². The first-order chi connectivity index (χ1) is 9.66. The minimum Gasteiger partial charge on any atom is -0.289 e. The molecule has 0 bridgehead atoms. The second kappa shape index (κ2) is 5.10. The molecule has 0 saturated heterocycles. The first kappa shape index (κ1) is 12.9. The molecule has 20 heavy (non-hydrogen) atoms. The van der Waals surface area contributed by atoms with Crippen LogP contribution in [-0.2, 0) is 0 Å². The van der Waals surface area contributed by atoms with Crippen LogP contribution in [0.1, 0.15) is 21.5 Å². The first-order valence-corrected chi connectivity index (χ1v) is 6.83. The smallest absolute Gasteiger partial charge is 0.193 e. The number of fused-ring (bicyclic) bond motifs is 1. The Morgan fingerprint density at radius 2 is 1.65 bits per heavy atom. The van der Waals surface area contributed by atoms with Gasteiger partial charge >= 0.3 is 0 Å². The zero-order chi connectivity index (χ0) is 14.1. The summed E-state index contributed by atoms with van der Waals surface area (Å²) in [5, 5.41) is 2.47. The van der Waals surface area contributed by atoms with Crippen LogP contribution in [0.15, 0.2) is 60.7 Å². The highest BCUT2D eigenvalue weighted by Gasteiger charge is 2.13. The van der Waals surface area contributed by atoms with Crippen molar-refractivity contribution in [2.45, 2.75) is 6.92 Å². The SMILES string of the molecule is Cc1cccc(C(=O)c2ccc(Cl)c3ccccc23)c1. The summed E-state index contributed by atoms with van der Waals surface area (Å²) in [5.41, 5.74) is 2.47. The fraction of sp³-hybridized carbons (Fsp3) is 0.0556. The lowest BCUT2D eigenvalue weighted by Gasteiger charge is -2.08. The van der Waals surface area contributed by atoms with Gasteiger partial charge in [-0.15, -0.1) is 0 Å². The molecule has 1 nitrogen and oxygen atoms in total. The number of aryl methyl sites for hydroxylation is 1. The molecule has 0 aliphatic heterocycles. The van der Waals surface area contributed by atoms with Crippen LogP contribution >= 0.6 is 11.6 Å². The quantitative estimate of drug-likeness (QED) is 0.602. The number of hydrogen-bond acceptors (Lipinski definition) is 1. The minimum atomic E-state index is 0.0292. The van der Waals surface area contributed by atoms with Gasteiger partial charge in [-0.05, 0) is 30.5 Å². The first-order valence-electron chi connectivity index (χ1n) is 6.45. The summed E-state index contributed by atoms with van der Waals surface area (Å²) in [7, 11) is 0. The van der Waals surface area contributed by atoms with Gasteiger partial charge in [-0.2, -0.15) is 0 Å². The van der Waals surface area contributed by atoms with Gasteiger partial charge in [0.05, 0.1) is 0 Å². The Labute approximate surface area is 122 Å². The summed E-state index contributed by atoms with van der Waals surface area (Å²) in [4.78, 5) is 12.7. The molecule has 2 heteroatoms. The maximum Gasteiger partial charge on any atom is 0.193 e. The van der Waals surface area contributed by atoms with Gasteiger partial charge in [-0.25, -0.2) is 0 Å². The van der Waals surface area contributed by atoms with E-state index < -0.39 is 0 Å². The van der Waals surface area contributed by atoms with Crippen LogP contribution in [-0.4, -0.2) is 5.78 Å². The lowest BCUT2D eigenvalue weighted by atomic mass is 9.96. The average molecular weight is 281 g/mol. The largest absolute Gasteiger partial charge is 0.289 e. The lowest BCUT2D eigenvalue weighted by Crippen LogP contribution is -2.02. The molecular weight excluding hydrogens is 268 g/mol. The number of ketones is 1. The molecule has 0 amide bonds. The Morgan fingerprint density at radius 1 is 0.900 bits per heavy atom. The van der Waals surface area contributed by atoms with Crippen molar-refractivity contribution in [3.63, 3.8) is 0 Å². The summed E-state index contributed by atoms with van der Waals surface area (Å²) in [6.45, 7) is 1.98. The zero-order valence-corrected chi connectivity index (χ0v) is 11.8. The number of benzene rings is 3. The number of carbonyl (C=O) groups is 1. The van der Waals surface area contributed by atoms with Gasteiger partial charge in [0.25, 0.3) is 0 Å². The van der Waals surface area contributed by atoms with Crippen LogP contribution in [0.2, 0.25) is 5.02 Å². The fourth-order valence-electron chi connectivity index (χ4n) is 2.40. The van der Waals surface area contributed by atoms with Crippen molar-refractivity contribution in [1.29, 1.82) is 0 Å². The second-order valence-corrected chi connectivity index (χ2v) is 5.25. The van der Waals surface area contributed by atoms with E-state index in [0.29, 0.717) is 16.1 Å². The Morgan fingerprint density at radius 3 is 2.40 bits per heavy atom. The second-order valence-electron chi connectivity index (χ2n) is 4.84. The monoisotopic (exact) mass is 280 g/mol. The predicted octanol–water partition coefficient (Wildman–Crippen LogP) is 5.03. The van der Waals surface area contributed by atoms with E-state index in [0.717, 1.165) is 16.3 Å². The van der Waals surface area contributed by atoms with E-state index in [-0.39, 0.29) is 5.78 Å². The third-order valence-electron chi connectivity index (χ3n) is 3.40. The van der Waals surface area contributed by atoms with Gasteiger partial charge in [-0.1, -0.05) is 59.6 Å². The third-order valence-corrected chi connectivity index (χ3v) is 3.73. The molecule has 98 valence electrons. The van der Waals surface area contributed by atoms with Gasteiger partial charge in [0.2, 0.25) is 0 Å². The molecule has 0 aliphatic rings. The summed E-state index contributed by atoms with van der Waals surface area (Å²) >= 11 is 6.19. The van der Waals surface area contributed by atoms with Crippen LogP contribution in [0.5, 0.6) is 0 Å². The number of carbonyl (C=O) groups excluding carboxylic acids is 1. The molecule has 0 N–H and O–H groups in total. The number of rotatable bonds is 2. The molecule has 3 rings (SSSR count). The van der Waals surface area contributed by atoms with Crippen LogP contribution in [0.3, 0.4) is 0 Å². The van der Waals surface area contributed by atoms with Crippen molar-refractivity contribution < 1.29 is 4.79 Å². The molecule has 3 aromatic carbocycles. The van der Waals surface area contributed by atoms with Gasteiger partial charge < -0.3 is 0 Å². The van der Waals surface area contributed by atoms with Gasteiger partial charge in [0, 0.05) is 21.5 Å². The summed E-state index contributed by atoms with van der Waals surface area (Å²) in [5.74, 6) is 0.0292. The van der Waals surface area contributed by atoms with Crippen LogP contribution in [0.4, 0.5) is 0 Å². The number of halogens is 1. The minimum absolute atomic E-state index is 0.0292. The Kier molecular flexibility index (Phi) is 3.29. The third kappa shape index (κ3) is 2.21. The van der Waals surface area contributed by atoms with Crippen molar-refractivity contribution >= 4 is 28.2 Å². The predicted molar refractivity (Wildman–Crippen MR) is 83.6 cm³/mol. The zero-order valence-electron chi connectivity index (χ0n) is 11.1. The maximum absolute atomic E-state index is 12.7. The molecule has 0 fully saturated rings. The molecule has 0 aromatic heterocycles. The van der Waals surface area contributed by atoms with Crippen molar-refractivity contribution in [3.8, 4) is 0 Å². The van der Waals surface area contributed by atoms with E-state index in [1.165, 1.54) is 0 Å². The van der Waals surface area contributed by atoms with Crippen LogP contribution in [0.25, 0.3) is 10.8 Å². The highest BCUT2D eigenvalue weighted by molar-refractivity contribution is 6.36. The van der Waals surface area contributed by atoms with Crippen molar-refractivity contribution in [3.05, 3.63) is 82.4 Å². The molecule has 0 aliphatic carbocycles. The topological polar surface area (TPSA) is 17.1 Å². The molecule has 0 unspecified atom stereocenters. The molecule has 0 heterocycles. The number of hydrogen-bond donors (Lipinski definition) is 0. The summed E-state index contributed by atoms with van der Waals surface area (Å²) < 4.78 is 0. The Bertz CT molecular complexity index is 805. The summed E-state index contributed by atoms with van der Waals surface area (Å²) in [6.07, 6.45) is 0. The molecule has 0 atom stereocenters. The highest BCUT2D eigenvalue weighted by atomic mass is 35.5. The van der Waals surface area contributed by atoms with E-state index in [9.17, 15) is 4.79 Å². The fourth-order valence-corrected chi connectivity index (χ4v) is 2.63. The van der Waals surface area contributed by atoms with E-state index in [2.05, 4.69) is 0 Å². The molecular formula is C18H13ClO.